The second-order valence-electron chi connectivity index (χ2n) is 6.74. The van der Waals surface area contributed by atoms with Gasteiger partial charge in [-0.3, -0.25) is 14.6 Å². The van der Waals surface area contributed by atoms with Crippen molar-refractivity contribution < 1.29 is 18.7 Å². The lowest BCUT2D eigenvalue weighted by molar-refractivity contribution is -0.143. The van der Waals surface area contributed by atoms with Crippen LogP contribution < -0.4 is 5.32 Å². The van der Waals surface area contributed by atoms with Crippen molar-refractivity contribution in [1.29, 1.82) is 0 Å². The molecule has 1 N–H and O–H groups in total. The van der Waals surface area contributed by atoms with E-state index in [-0.39, 0.29) is 17.9 Å². The van der Waals surface area contributed by atoms with Crippen LogP contribution in [0.25, 0.3) is 0 Å². The number of fused-ring (bicyclic) bond motifs is 1. The number of rotatable bonds is 3. The summed E-state index contributed by atoms with van der Waals surface area (Å²) in [6.45, 7) is 0.900. The first-order chi connectivity index (χ1) is 11.5. The number of aromatic nitrogens is 2. The maximum absolute atomic E-state index is 14.0. The zero-order valence-electron chi connectivity index (χ0n) is 13.2. The maximum atomic E-state index is 14.0. The third kappa shape index (κ3) is 2.86. The Morgan fingerprint density at radius 1 is 1.38 bits per heavy atom. The topological polar surface area (TPSA) is 84.4 Å². The molecule has 1 aliphatic carbocycles. The molecule has 24 heavy (non-hydrogen) atoms. The third-order valence-corrected chi connectivity index (χ3v) is 5.02. The molecule has 0 spiro atoms. The molecule has 3 aliphatic rings. The molecule has 8 heteroatoms. The summed E-state index contributed by atoms with van der Waals surface area (Å²) in [5, 5.41) is 2.68. The number of carbonyl (C=O) groups excluding carboxylic acids is 2. The molecule has 1 saturated carbocycles. The van der Waals surface area contributed by atoms with Crippen LogP contribution in [0.3, 0.4) is 0 Å². The smallest absolute Gasteiger partial charge is 0.260 e. The molecule has 2 saturated heterocycles. The molecular formula is C16H19FN4O3. The van der Waals surface area contributed by atoms with Crippen molar-refractivity contribution in [1.82, 2.24) is 14.9 Å². The summed E-state index contributed by atoms with van der Waals surface area (Å²) in [6.07, 6.45) is 5.71. The molecule has 1 aromatic rings. The predicted molar refractivity (Wildman–Crippen MR) is 81.7 cm³/mol. The lowest BCUT2D eigenvalue weighted by Gasteiger charge is -2.34. The Kier molecular flexibility index (Phi) is 3.71. The zero-order valence-corrected chi connectivity index (χ0v) is 13.2. The summed E-state index contributed by atoms with van der Waals surface area (Å²) in [5.74, 6) is -0.0729. The number of piperidine rings is 1. The van der Waals surface area contributed by atoms with Crippen LogP contribution in [0.4, 0.5) is 10.2 Å². The first kappa shape index (κ1) is 15.4. The number of nitrogens with zero attached hydrogens (tertiary/aromatic N) is 3. The lowest BCUT2D eigenvalue weighted by Crippen LogP contribution is -2.48. The molecule has 3 fully saturated rings. The number of alkyl halides is 1. The Morgan fingerprint density at radius 2 is 2.21 bits per heavy atom. The Bertz CT molecular complexity index is 652. The summed E-state index contributed by atoms with van der Waals surface area (Å²) in [6, 6.07) is 0. The number of nitrogens with one attached hydrogen (secondary N) is 1. The van der Waals surface area contributed by atoms with Crippen molar-refractivity contribution in [2.24, 2.45) is 5.92 Å². The summed E-state index contributed by atoms with van der Waals surface area (Å²) >= 11 is 0. The average molecular weight is 334 g/mol. The number of ether oxygens (including phenoxy) is 1. The van der Waals surface area contributed by atoms with Gasteiger partial charge in [0.1, 0.15) is 6.10 Å². The van der Waals surface area contributed by atoms with Crippen molar-refractivity contribution in [3.63, 3.8) is 0 Å². The fraction of sp³-hybridized carbons (Fsp3) is 0.625. The van der Waals surface area contributed by atoms with Crippen molar-refractivity contribution in [3.05, 3.63) is 18.6 Å². The molecule has 128 valence electrons. The van der Waals surface area contributed by atoms with E-state index in [1.165, 1.54) is 18.6 Å². The highest BCUT2D eigenvalue weighted by Gasteiger charge is 2.54. The molecule has 7 nitrogen and oxygen atoms in total. The van der Waals surface area contributed by atoms with Gasteiger partial charge in [-0.15, -0.1) is 0 Å². The largest absolute Gasteiger partial charge is 0.363 e. The van der Waals surface area contributed by atoms with Gasteiger partial charge in [0, 0.05) is 25.5 Å². The van der Waals surface area contributed by atoms with Crippen LogP contribution in [-0.2, 0) is 14.3 Å². The Morgan fingerprint density at radius 3 is 2.92 bits per heavy atom. The van der Waals surface area contributed by atoms with E-state index < -0.39 is 17.7 Å². The van der Waals surface area contributed by atoms with Crippen molar-refractivity contribution >= 4 is 17.6 Å². The van der Waals surface area contributed by atoms with E-state index in [1.54, 1.807) is 4.90 Å². The minimum atomic E-state index is -1.64. The van der Waals surface area contributed by atoms with Gasteiger partial charge in [0.15, 0.2) is 11.5 Å². The van der Waals surface area contributed by atoms with Crippen molar-refractivity contribution in [2.45, 2.75) is 43.6 Å². The molecule has 0 aromatic carbocycles. The molecule has 0 radical (unpaired) electrons. The zero-order chi connectivity index (χ0) is 16.7. The summed E-state index contributed by atoms with van der Waals surface area (Å²) < 4.78 is 19.8. The molecule has 2 amide bonds. The monoisotopic (exact) mass is 334 g/mol. The Hall–Kier alpha value is -2.09. The van der Waals surface area contributed by atoms with Crippen LogP contribution in [0.2, 0.25) is 0 Å². The number of amides is 2. The van der Waals surface area contributed by atoms with Crippen LogP contribution in [0.15, 0.2) is 18.6 Å². The molecule has 0 bridgehead atoms. The van der Waals surface area contributed by atoms with Gasteiger partial charge in [-0.25, -0.2) is 9.37 Å². The Labute approximate surface area is 138 Å². The quantitative estimate of drug-likeness (QED) is 0.889. The molecule has 2 aliphatic heterocycles. The van der Waals surface area contributed by atoms with E-state index >= 15 is 0 Å². The second-order valence-corrected chi connectivity index (χ2v) is 6.74. The van der Waals surface area contributed by atoms with Crippen LogP contribution in [0.1, 0.15) is 25.7 Å². The molecule has 3 heterocycles. The molecule has 1 aromatic heterocycles. The molecule has 3 atom stereocenters. The highest BCUT2D eigenvalue weighted by atomic mass is 19.1. The first-order valence-electron chi connectivity index (χ1n) is 8.26. The van der Waals surface area contributed by atoms with E-state index in [9.17, 15) is 14.0 Å². The van der Waals surface area contributed by atoms with E-state index in [1.807, 2.05) is 0 Å². The maximum Gasteiger partial charge on any atom is 0.260 e. The van der Waals surface area contributed by atoms with Gasteiger partial charge in [-0.2, -0.15) is 0 Å². The number of anilines is 1. The minimum absolute atomic E-state index is 0.206. The molecule has 0 unspecified atom stereocenters. The summed E-state index contributed by atoms with van der Waals surface area (Å²) in [7, 11) is 0. The van der Waals surface area contributed by atoms with E-state index in [0.717, 1.165) is 6.42 Å². The summed E-state index contributed by atoms with van der Waals surface area (Å²) in [5.41, 5.74) is -1.64. The molecule has 4 rings (SSSR count). The summed E-state index contributed by atoms with van der Waals surface area (Å²) in [4.78, 5) is 33.9. The fourth-order valence-electron chi connectivity index (χ4n) is 3.46. The van der Waals surface area contributed by atoms with Gasteiger partial charge in [0.2, 0.25) is 0 Å². The number of hydrogen-bond donors (Lipinski definition) is 1. The fourth-order valence-corrected chi connectivity index (χ4v) is 3.46. The highest BCUT2D eigenvalue weighted by molar-refractivity contribution is 5.93. The normalized spacial score (nSPS) is 30.5. The van der Waals surface area contributed by atoms with Gasteiger partial charge >= 0.3 is 0 Å². The number of halogens is 1. The van der Waals surface area contributed by atoms with Crippen LogP contribution in [0.5, 0.6) is 0 Å². The van der Waals surface area contributed by atoms with Crippen molar-refractivity contribution in [3.8, 4) is 0 Å². The van der Waals surface area contributed by atoms with E-state index in [2.05, 4.69) is 15.3 Å². The second kappa shape index (κ2) is 5.77. The van der Waals surface area contributed by atoms with Gasteiger partial charge in [0.05, 0.1) is 12.3 Å². The number of likely N-dealkylation sites (tertiary alicyclic amines) is 1. The van der Waals surface area contributed by atoms with E-state index in [0.29, 0.717) is 38.2 Å². The number of hydrogen-bond acceptors (Lipinski definition) is 5. The SMILES string of the molecule is O=C(Nc1cnccn1)[C@@H]1C[C@@H]2CCN(C(=O)C3(F)CC3)C[C@H]2O1. The molecular weight excluding hydrogens is 315 g/mol. The van der Waals surface area contributed by atoms with Crippen LogP contribution in [0, 0.1) is 5.92 Å². The van der Waals surface area contributed by atoms with Gasteiger partial charge in [0.25, 0.3) is 11.8 Å². The van der Waals surface area contributed by atoms with Gasteiger partial charge in [-0.1, -0.05) is 0 Å². The van der Waals surface area contributed by atoms with Crippen molar-refractivity contribution in [2.75, 3.05) is 18.4 Å². The third-order valence-electron chi connectivity index (χ3n) is 5.02. The van der Waals surface area contributed by atoms with Gasteiger partial charge < -0.3 is 15.0 Å². The minimum Gasteiger partial charge on any atom is -0.363 e. The highest BCUT2D eigenvalue weighted by Crippen LogP contribution is 2.43. The average Bonchev–Trinajstić information content (AvgIpc) is 3.20. The standard InChI is InChI=1S/C16H19FN4O3/c17-16(2-3-16)15(23)21-6-1-10-7-11(24-12(10)9-21)14(22)20-13-8-18-4-5-19-13/h4-5,8,10-12H,1-3,6-7,9H2,(H,19,20,22)/t10-,11-,12+/m0/s1. The van der Waals surface area contributed by atoms with Gasteiger partial charge in [-0.05, 0) is 31.6 Å². The van der Waals surface area contributed by atoms with Crippen LogP contribution in [-0.4, -0.2) is 57.6 Å². The van der Waals surface area contributed by atoms with Crippen LogP contribution >= 0.6 is 0 Å². The van der Waals surface area contributed by atoms with E-state index in [4.69, 9.17) is 4.74 Å². The first-order valence-corrected chi connectivity index (χ1v) is 8.26. The predicted octanol–water partition coefficient (Wildman–Crippen LogP) is 0.923. The Balaban J connectivity index is 1.36. The number of carbonyl (C=O) groups is 2. The lowest BCUT2D eigenvalue weighted by atomic mass is 9.91.